The highest BCUT2D eigenvalue weighted by atomic mass is 32.2. The van der Waals surface area contributed by atoms with Crippen molar-refractivity contribution in [3.63, 3.8) is 0 Å². The lowest BCUT2D eigenvalue weighted by Crippen LogP contribution is -2.23. The van der Waals surface area contributed by atoms with Crippen molar-refractivity contribution in [1.29, 1.82) is 0 Å². The summed E-state index contributed by atoms with van der Waals surface area (Å²) >= 11 is 1.27. The second kappa shape index (κ2) is 7.54. The molecule has 0 spiro atoms. The van der Waals surface area contributed by atoms with Crippen LogP contribution in [0.4, 0.5) is 0 Å². The van der Waals surface area contributed by atoms with E-state index in [-0.39, 0.29) is 0 Å². The van der Waals surface area contributed by atoms with Crippen LogP contribution in [0, 0.1) is 12.3 Å². The molecule has 6 heteroatoms. The van der Waals surface area contributed by atoms with Crippen LogP contribution in [0.2, 0.25) is 0 Å². The second-order valence-corrected chi connectivity index (χ2v) is 6.98. The third kappa shape index (κ3) is 4.78. The van der Waals surface area contributed by atoms with Crippen LogP contribution in [0.15, 0.2) is 16.3 Å². The van der Waals surface area contributed by atoms with Crippen LogP contribution >= 0.6 is 11.3 Å². The SMILES string of the molecule is C#CCCCCNS(=O)(=O)c1ccc(CCN)s1. The molecule has 0 radical (unpaired) electrons. The first-order valence-corrected chi connectivity index (χ1v) is 8.12. The molecular formula is C12H18N2O2S2. The Morgan fingerprint density at radius 1 is 1.39 bits per heavy atom. The standard InChI is InChI=1S/C12H18N2O2S2/c1-2-3-4-5-10-14-18(15,16)12-7-6-11(17-12)8-9-13/h1,6-7,14H,3-5,8-10,13H2. The van der Waals surface area contributed by atoms with Gasteiger partial charge in [0.05, 0.1) is 0 Å². The quantitative estimate of drug-likeness (QED) is 0.559. The molecule has 0 aliphatic carbocycles. The number of rotatable bonds is 8. The van der Waals surface area contributed by atoms with Gasteiger partial charge in [-0.3, -0.25) is 0 Å². The van der Waals surface area contributed by atoms with Gasteiger partial charge in [0.1, 0.15) is 4.21 Å². The first kappa shape index (κ1) is 15.2. The van der Waals surface area contributed by atoms with Gasteiger partial charge in [0.2, 0.25) is 10.0 Å². The molecule has 0 aliphatic rings. The maximum atomic E-state index is 11.9. The summed E-state index contributed by atoms with van der Waals surface area (Å²) in [6.45, 7) is 0.952. The normalized spacial score (nSPS) is 11.3. The fraction of sp³-hybridized carbons (Fsp3) is 0.500. The van der Waals surface area contributed by atoms with Gasteiger partial charge < -0.3 is 5.73 Å². The van der Waals surface area contributed by atoms with Gasteiger partial charge in [0, 0.05) is 17.8 Å². The summed E-state index contributed by atoms with van der Waals surface area (Å²) < 4.78 is 26.7. The molecule has 0 unspecified atom stereocenters. The molecule has 0 bridgehead atoms. The first-order chi connectivity index (χ1) is 8.60. The average molecular weight is 286 g/mol. The van der Waals surface area contributed by atoms with E-state index >= 15 is 0 Å². The van der Waals surface area contributed by atoms with Gasteiger partial charge in [-0.2, -0.15) is 0 Å². The highest BCUT2D eigenvalue weighted by Gasteiger charge is 2.15. The van der Waals surface area contributed by atoms with Crippen LogP contribution in [0.1, 0.15) is 24.1 Å². The number of thiophene rings is 1. The molecule has 1 aromatic heterocycles. The fourth-order valence-electron chi connectivity index (χ4n) is 1.41. The van der Waals surface area contributed by atoms with E-state index in [9.17, 15) is 8.42 Å². The maximum Gasteiger partial charge on any atom is 0.250 e. The molecule has 100 valence electrons. The topological polar surface area (TPSA) is 72.2 Å². The van der Waals surface area contributed by atoms with Gasteiger partial charge in [-0.15, -0.1) is 23.7 Å². The Bertz CT molecular complexity index is 500. The predicted molar refractivity (Wildman–Crippen MR) is 74.9 cm³/mol. The Kier molecular flexibility index (Phi) is 6.36. The predicted octanol–water partition coefficient (Wildman–Crippen LogP) is 1.33. The largest absolute Gasteiger partial charge is 0.330 e. The van der Waals surface area contributed by atoms with Crippen molar-refractivity contribution in [3.8, 4) is 12.3 Å². The first-order valence-electron chi connectivity index (χ1n) is 5.82. The Morgan fingerprint density at radius 3 is 2.83 bits per heavy atom. The molecule has 1 aromatic rings. The molecule has 0 saturated heterocycles. The zero-order valence-corrected chi connectivity index (χ0v) is 11.8. The van der Waals surface area contributed by atoms with Crippen molar-refractivity contribution in [1.82, 2.24) is 4.72 Å². The van der Waals surface area contributed by atoms with Crippen molar-refractivity contribution >= 4 is 21.4 Å². The summed E-state index contributed by atoms with van der Waals surface area (Å²) in [5.74, 6) is 2.53. The monoisotopic (exact) mass is 286 g/mol. The maximum absolute atomic E-state index is 11.9. The summed E-state index contributed by atoms with van der Waals surface area (Å²) in [4.78, 5) is 0.991. The van der Waals surface area contributed by atoms with Crippen LogP contribution in [0.3, 0.4) is 0 Å². The van der Waals surface area contributed by atoms with Crippen molar-refractivity contribution in [2.75, 3.05) is 13.1 Å². The Hall–Kier alpha value is -0.870. The fourth-order valence-corrected chi connectivity index (χ4v) is 3.90. The Balaban J connectivity index is 2.49. The molecule has 0 amide bonds. The Morgan fingerprint density at radius 2 is 2.17 bits per heavy atom. The average Bonchev–Trinajstić information content (AvgIpc) is 2.79. The number of terminal acetylenes is 1. The zero-order chi connectivity index (χ0) is 13.4. The summed E-state index contributed by atoms with van der Waals surface area (Å²) in [6, 6.07) is 3.43. The van der Waals surface area contributed by atoms with Crippen molar-refractivity contribution in [3.05, 3.63) is 17.0 Å². The van der Waals surface area contributed by atoms with E-state index in [0.29, 0.717) is 30.1 Å². The summed E-state index contributed by atoms with van der Waals surface area (Å²) in [7, 11) is -3.37. The van der Waals surface area contributed by atoms with E-state index in [0.717, 1.165) is 17.7 Å². The van der Waals surface area contributed by atoms with Crippen molar-refractivity contribution < 1.29 is 8.42 Å². The second-order valence-electron chi connectivity index (χ2n) is 3.82. The Labute approximate surface area is 113 Å². The van der Waals surface area contributed by atoms with Gasteiger partial charge in [0.25, 0.3) is 0 Å². The van der Waals surface area contributed by atoms with Gasteiger partial charge in [-0.25, -0.2) is 13.1 Å². The molecule has 0 saturated carbocycles. The molecule has 0 fully saturated rings. The van der Waals surface area contributed by atoms with Crippen LogP contribution in [-0.2, 0) is 16.4 Å². The molecule has 0 aromatic carbocycles. The molecule has 3 N–H and O–H groups in total. The molecule has 0 aliphatic heterocycles. The molecule has 1 rings (SSSR count). The van der Waals surface area contributed by atoms with E-state index < -0.39 is 10.0 Å². The minimum Gasteiger partial charge on any atom is -0.330 e. The van der Waals surface area contributed by atoms with Crippen LogP contribution in [0.5, 0.6) is 0 Å². The van der Waals surface area contributed by atoms with Crippen molar-refractivity contribution in [2.45, 2.75) is 29.9 Å². The molecule has 1 heterocycles. The lowest BCUT2D eigenvalue weighted by Gasteiger charge is -2.03. The third-order valence-corrected chi connectivity index (χ3v) is 5.43. The van der Waals surface area contributed by atoms with Gasteiger partial charge in [-0.1, -0.05) is 0 Å². The number of nitrogens with two attached hydrogens (primary N) is 1. The molecule has 0 atom stereocenters. The minimum atomic E-state index is -3.37. The zero-order valence-electron chi connectivity index (χ0n) is 10.2. The highest BCUT2D eigenvalue weighted by molar-refractivity contribution is 7.91. The van der Waals surface area contributed by atoms with E-state index in [2.05, 4.69) is 10.6 Å². The number of hydrogen-bond donors (Lipinski definition) is 2. The van der Waals surface area contributed by atoms with E-state index in [1.54, 1.807) is 6.07 Å². The number of unbranched alkanes of at least 4 members (excludes halogenated alkanes) is 2. The lowest BCUT2D eigenvalue weighted by atomic mass is 10.2. The summed E-state index contributed by atoms with van der Waals surface area (Å²) in [5, 5.41) is 0. The van der Waals surface area contributed by atoms with E-state index in [1.165, 1.54) is 11.3 Å². The van der Waals surface area contributed by atoms with E-state index in [4.69, 9.17) is 12.2 Å². The molecular weight excluding hydrogens is 268 g/mol. The molecule has 18 heavy (non-hydrogen) atoms. The summed E-state index contributed by atoms with van der Waals surface area (Å²) in [5.41, 5.74) is 5.43. The molecule has 4 nitrogen and oxygen atoms in total. The number of hydrogen-bond acceptors (Lipinski definition) is 4. The minimum absolute atomic E-state index is 0.350. The smallest absolute Gasteiger partial charge is 0.250 e. The van der Waals surface area contributed by atoms with Gasteiger partial charge in [0.15, 0.2) is 0 Å². The van der Waals surface area contributed by atoms with Crippen LogP contribution in [0.25, 0.3) is 0 Å². The lowest BCUT2D eigenvalue weighted by molar-refractivity contribution is 0.579. The van der Waals surface area contributed by atoms with Crippen molar-refractivity contribution in [2.24, 2.45) is 5.73 Å². The number of nitrogens with one attached hydrogen (secondary N) is 1. The number of sulfonamides is 1. The van der Waals surface area contributed by atoms with Crippen LogP contribution in [-0.4, -0.2) is 21.5 Å². The summed E-state index contributed by atoms with van der Waals surface area (Å²) in [6.07, 6.45) is 8.10. The highest BCUT2D eigenvalue weighted by Crippen LogP contribution is 2.21. The van der Waals surface area contributed by atoms with Gasteiger partial charge >= 0.3 is 0 Å². The van der Waals surface area contributed by atoms with E-state index in [1.807, 2.05) is 6.07 Å². The van der Waals surface area contributed by atoms with Crippen LogP contribution < -0.4 is 10.5 Å². The third-order valence-electron chi connectivity index (χ3n) is 2.33. The van der Waals surface area contributed by atoms with Gasteiger partial charge in [-0.05, 0) is 37.9 Å².